The molecule has 3 heterocycles. The molecule has 0 aliphatic carbocycles. The van der Waals surface area contributed by atoms with Crippen LogP contribution in [0.25, 0.3) is 11.0 Å². The lowest BCUT2D eigenvalue weighted by Crippen LogP contribution is -2.42. The number of rotatable bonds is 5. The van der Waals surface area contributed by atoms with E-state index in [4.69, 9.17) is 4.42 Å². The fourth-order valence-electron chi connectivity index (χ4n) is 4.53. The van der Waals surface area contributed by atoms with E-state index < -0.39 is 11.5 Å². The largest absolute Gasteiger partial charge is 0.422 e. The standard InChI is InChI=1S/C26H25N3O3/c1-28-13-6-10-22(28)23(29-14-12-18-7-2-3-9-20(18)17-29)16-27-25(30)21-15-19-8-4-5-11-24(19)32-26(21)31/h2-11,13,15,23H,12,14,16-17H2,1H3,(H,27,30). The maximum absolute atomic E-state index is 13.0. The summed E-state index contributed by atoms with van der Waals surface area (Å²) in [7, 11) is 2.01. The summed E-state index contributed by atoms with van der Waals surface area (Å²) in [4.78, 5) is 27.7. The molecule has 0 radical (unpaired) electrons. The lowest BCUT2D eigenvalue weighted by atomic mass is 9.97. The first kappa shape index (κ1) is 20.3. The topological polar surface area (TPSA) is 67.5 Å². The Morgan fingerprint density at radius 1 is 1.06 bits per heavy atom. The minimum absolute atomic E-state index is 0.0141. The van der Waals surface area contributed by atoms with Gasteiger partial charge < -0.3 is 14.3 Å². The van der Waals surface area contributed by atoms with Gasteiger partial charge in [-0.3, -0.25) is 9.69 Å². The summed E-state index contributed by atoms with van der Waals surface area (Å²) in [5.41, 5.74) is 3.70. The van der Waals surface area contributed by atoms with Crippen LogP contribution in [0.5, 0.6) is 0 Å². The Hall–Kier alpha value is -3.64. The molecule has 1 aliphatic heterocycles. The number of aromatic nitrogens is 1. The molecule has 5 rings (SSSR count). The molecular formula is C26H25N3O3. The van der Waals surface area contributed by atoms with Gasteiger partial charge in [0.05, 0.1) is 6.04 Å². The highest BCUT2D eigenvalue weighted by Crippen LogP contribution is 2.27. The summed E-state index contributed by atoms with van der Waals surface area (Å²) in [6.07, 6.45) is 2.99. The van der Waals surface area contributed by atoms with Crippen molar-refractivity contribution in [3.8, 4) is 0 Å². The van der Waals surface area contributed by atoms with Gasteiger partial charge in [-0.05, 0) is 41.8 Å². The molecule has 1 aliphatic rings. The molecule has 32 heavy (non-hydrogen) atoms. The molecule has 0 saturated carbocycles. The molecule has 0 bridgehead atoms. The number of nitrogens with one attached hydrogen (secondary N) is 1. The molecular weight excluding hydrogens is 402 g/mol. The first-order valence-corrected chi connectivity index (χ1v) is 10.8. The number of benzene rings is 2. The number of hydrogen-bond acceptors (Lipinski definition) is 4. The van der Waals surface area contributed by atoms with E-state index in [-0.39, 0.29) is 11.6 Å². The number of para-hydroxylation sites is 1. The van der Waals surface area contributed by atoms with Crippen LogP contribution in [-0.4, -0.2) is 28.5 Å². The number of hydrogen-bond donors (Lipinski definition) is 1. The Labute approximate surface area is 186 Å². The first-order valence-electron chi connectivity index (χ1n) is 10.8. The van der Waals surface area contributed by atoms with Crippen molar-refractivity contribution < 1.29 is 9.21 Å². The van der Waals surface area contributed by atoms with E-state index in [9.17, 15) is 9.59 Å². The van der Waals surface area contributed by atoms with Crippen molar-refractivity contribution in [1.29, 1.82) is 0 Å². The molecule has 6 heteroatoms. The summed E-state index contributed by atoms with van der Waals surface area (Å²) >= 11 is 0. The fourth-order valence-corrected chi connectivity index (χ4v) is 4.53. The minimum Gasteiger partial charge on any atom is -0.422 e. The molecule has 1 N–H and O–H groups in total. The number of carbonyl (C=O) groups excluding carboxylic acids is 1. The molecule has 2 aromatic carbocycles. The number of nitrogens with zero attached hydrogens (tertiary/aromatic N) is 2. The van der Waals surface area contributed by atoms with Gasteiger partial charge in [-0.2, -0.15) is 0 Å². The van der Waals surface area contributed by atoms with Crippen molar-refractivity contribution >= 4 is 16.9 Å². The third-order valence-electron chi connectivity index (χ3n) is 6.27. The van der Waals surface area contributed by atoms with Crippen LogP contribution in [0.2, 0.25) is 0 Å². The third kappa shape index (κ3) is 3.85. The monoisotopic (exact) mass is 427 g/mol. The van der Waals surface area contributed by atoms with Crippen molar-refractivity contribution in [1.82, 2.24) is 14.8 Å². The van der Waals surface area contributed by atoms with Crippen LogP contribution in [0, 0.1) is 0 Å². The predicted octanol–water partition coefficient (Wildman–Crippen LogP) is 3.66. The Morgan fingerprint density at radius 2 is 1.84 bits per heavy atom. The summed E-state index contributed by atoms with van der Waals surface area (Å²) in [5.74, 6) is -0.416. The zero-order chi connectivity index (χ0) is 22.1. The van der Waals surface area contributed by atoms with Gasteiger partial charge in [0, 0.05) is 44.0 Å². The molecule has 1 amide bonds. The predicted molar refractivity (Wildman–Crippen MR) is 124 cm³/mol. The highest BCUT2D eigenvalue weighted by Gasteiger charge is 2.27. The fraction of sp³-hybridized carbons (Fsp3) is 0.231. The number of fused-ring (bicyclic) bond motifs is 2. The molecule has 0 spiro atoms. The highest BCUT2D eigenvalue weighted by atomic mass is 16.4. The molecule has 6 nitrogen and oxygen atoms in total. The van der Waals surface area contributed by atoms with Crippen LogP contribution in [0.15, 0.2) is 82.1 Å². The van der Waals surface area contributed by atoms with Gasteiger partial charge in [-0.15, -0.1) is 0 Å². The molecule has 2 aromatic heterocycles. The second-order valence-electron chi connectivity index (χ2n) is 8.24. The number of carbonyl (C=O) groups is 1. The van der Waals surface area contributed by atoms with E-state index in [1.54, 1.807) is 18.2 Å². The van der Waals surface area contributed by atoms with Crippen molar-refractivity contribution in [2.45, 2.75) is 19.0 Å². The third-order valence-corrected chi connectivity index (χ3v) is 6.27. The first-order chi connectivity index (χ1) is 15.6. The van der Waals surface area contributed by atoms with E-state index in [1.807, 2.05) is 31.4 Å². The lowest BCUT2D eigenvalue weighted by Gasteiger charge is -2.36. The average molecular weight is 428 g/mol. The molecule has 1 unspecified atom stereocenters. The quantitative estimate of drug-likeness (QED) is 0.494. The van der Waals surface area contributed by atoms with E-state index in [1.165, 1.54) is 11.1 Å². The van der Waals surface area contributed by atoms with Gasteiger partial charge in [0.2, 0.25) is 0 Å². The van der Waals surface area contributed by atoms with Gasteiger partial charge in [0.15, 0.2) is 0 Å². The molecule has 162 valence electrons. The van der Waals surface area contributed by atoms with Crippen LogP contribution < -0.4 is 10.9 Å². The SMILES string of the molecule is Cn1cccc1C(CNC(=O)c1cc2ccccc2oc1=O)N1CCc2ccccc2C1. The van der Waals surface area contributed by atoms with Crippen molar-refractivity contribution in [2.24, 2.45) is 7.05 Å². The molecule has 1 atom stereocenters. The highest BCUT2D eigenvalue weighted by molar-refractivity contribution is 5.96. The Kier molecular flexibility index (Phi) is 5.37. The Bertz CT molecular complexity index is 1340. The second-order valence-corrected chi connectivity index (χ2v) is 8.24. The van der Waals surface area contributed by atoms with Crippen molar-refractivity contribution in [3.05, 3.63) is 106 Å². The van der Waals surface area contributed by atoms with Gasteiger partial charge >= 0.3 is 5.63 Å². The molecule has 0 fully saturated rings. The lowest BCUT2D eigenvalue weighted by molar-refractivity contribution is 0.0922. The average Bonchev–Trinajstić information content (AvgIpc) is 3.24. The maximum Gasteiger partial charge on any atom is 0.349 e. The number of aryl methyl sites for hydroxylation is 1. The van der Waals surface area contributed by atoms with Crippen LogP contribution >= 0.6 is 0 Å². The minimum atomic E-state index is -0.622. The zero-order valence-corrected chi connectivity index (χ0v) is 18.0. The van der Waals surface area contributed by atoms with E-state index in [2.05, 4.69) is 45.1 Å². The second kappa shape index (κ2) is 8.48. The van der Waals surface area contributed by atoms with E-state index >= 15 is 0 Å². The summed E-state index contributed by atoms with van der Waals surface area (Å²) in [6, 6.07) is 21.4. The summed E-state index contributed by atoms with van der Waals surface area (Å²) in [6.45, 7) is 2.12. The zero-order valence-electron chi connectivity index (χ0n) is 18.0. The Balaban J connectivity index is 1.39. The summed E-state index contributed by atoms with van der Waals surface area (Å²) < 4.78 is 7.42. The van der Waals surface area contributed by atoms with Crippen LogP contribution in [-0.2, 0) is 20.0 Å². The van der Waals surface area contributed by atoms with Crippen LogP contribution in [0.1, 0.15) is 33.2 Å². The Morgan fingerprint density at radius 3 is 2.66 bits per heavy atom. The van der Waals surface area contributed by atoms with Crippen molar-refractivity contribution in [2.75, 3.05) is 13.1 Å². The molecule has 0 saturated heterocycles. The van der Waals surface area contributed by atoms with Gasteiger partial charge in [0.25, 0.3) is 5.91 Å². The van der Waals surface area contributed by atoms with Crippen molar-refractivity contribution in [3.63, 3.8) is 0 Å². The smallest absolute Gasteiger partial charge is 0.349 e. The van der Waals surface area contributed by atoms with Gasteiger partial charge in [-0.1, -0.05) is 42.5 Å². The maximum atomic E-state index is 13.0. The number of amides is 1. The molecule has 4 aromatic rings. The van der Waals surface area contributed by atoms with Gasteiger partial charge in [-0.25, -0.2) is 4.79 Å². The van der Waals surface area contributed by atoms with Gasteiger partial charge in [0.1, 0.15) is 11.1 Å². The van der Waals surface area contributed by atoms with Crippen LogP contribution in [0.4, 0.5) is 0 Å². The summed E-state index contributed by atoms with van der Waals surface area (Å²) in [5, 5.41) is 3.71. The van der Waals surface area contributed by atoms with E-state index in [0.29, 0.717) is 12.1 Å². The van der Waals surface area contributed by atoms with Crippen LogP contribution in [0.3, 0.4) is 0 Å². The van der Waals surface area contributed by atoms with E-state index in [0.717, 1.165) is 30.6 Å². The normalized spacial score (nSPS) is 14.8.